The molecular formula is C53H70N10O14S2. The van der Waals surface area contributed by atoms with Crippen molar-refractivity contribution >= 4 is 91.7 Å². The van der Waals surface area contributed by atoms with Crippen LogP contribution in [0.25, 0.3) is 10.9 Å². The zero-order valence-electron chi connectivity index (χ0n) is 44.3. The molecule has 1 fully saturated rings. The van der Waals surface area contributed by atoms with Crippen LogP contribution in [0.3, 0.4) is 0 Å². The first-order valence-corrected chi connectivity index (χ1v) is 27.5. The highest BCUT2D eigenvalue weighted by Gasteiger charge is 2.42. The third-order valence-corrected chi connectivity index (χ3v) is 15.6. The summed E-state index contributed by atoms with van der Waals surface area (Å²) in [4.78, 5) is 137. The summed E-state index contributed by atoms with van der Waals surface area (Å²) in [6.45, 7) is 7.42. The van der Waals surface area contributed by atoms with E-state index in [0.29, 0.717) is 16.7 Å². The van der Waals surface area contributed by atoms with Crippen LogP contribution in [-0.2, 0) is 67.2 Å². The molecule has 0 saturated carbocycles. The van der Waals surface area contributed by atoms with Gasteiger partial charge in [0.2, 0.25) is 41.4 Å². The molecule has 1 aromatic heterocycles. The summed E-state index contributed by atoms with van der Waals surface area (Å²) in [6.07, 6.45) is 0.590. The molecule has 5 rings (SSSR count). The van der Waals surface area contributed by atoms with E-state index in [1.807, 2.05) is 18.2 Å². The second kappa shape index (κ2) is 30.5. The second-order valence-electron chi connectivity index (χ2n) is 19.6. The summed E-state index contributed by atoms with van der Waals surface area (Å²) in [6, 6.07) is 9.85. The molecule has 26 heteroatoms. The largest absolute Gasteiger partial charge is 0.508 e. The summed E-state index contributed by atoms with van der Waals surface area (Å²) in [5, 5.41) is 56.4. The molecule has 4 aromatic rings. The van der Waals surface area contributed by atoms with Crippen molar-refractivity contribution in [2.45, 2.75) is 126 Å². The number of carboxylic acid groups (broad SMARTS) is 3. The van der Waals surface area contributed by atoms with Gasteiger partial charge >= 0.3 is 11.9 Å². The molecule has 0 radical (unpaired) electrons. The summed E-state index contributed by atoms with van der Waals surface area (Å²) >= 11 is 0. The van der Waals surface area contributed by atoms with E-state index in [1.165, 1.54) is 24.3 Å². The number of amides is 7. The minimum atomic E-state index is -1.62. The third kappa shape index (κ3) is 20.2. The van der Waals surface area contributed by atoms with Crippen LogP contribution >= 0.6 is 21.6 Å². The number of carboxylic acids is 3. The van der Waals surface area contributed by atoms with Crippen molar-refractivity contribution in [2.75, 3.05) is 12.3 Å². The number of carbonyl (C=O) groups excluding carboxylic acids is 7. The van der Waals surface area contributed by atoms with E-state index in [9.17, 15) is 58.5 Å². The van der Waals surface area contributed by atoms with E-state index in [1.54, 1.807) is 70.3 Å². The summed E-state index contributed by atoms with van der Waals surface area (Å²) in [5.41, 5.74) is 14.3. The Hall–Kier alpha value is -7.68. The molecular weight excluding hydrogens is 1060 g/mol. The topological polar surface area (TPSA) is 404 Å². The molecule has 16 N–H and O–H groups in total. The Labute approximate surface area is 463 Å². The van der Waals surface area contributed by atoms with Crippen molar-refractivity contribution in [1.82, 2.24) is 42.2 Å². The quantitative estimate of drug-likeness (QED) is 0.0651. The number of benzene rings is 3. The van der Waals surface area contributed by atoms with Crippen molar-refractivity contribution in [3.63, 3.8) is 0 Å². The molecule has 2 heterocycles. The second-order valence-corrected chi connectivity index (χ2v) is 22.6. The lowest BCUT2D eigenvalue weighted by Gasteiger charge is -2.35. The van der Waals surface area contributed by atoms with E-state index >= 15 is 0 Å². The molecule has 24 nitrogen and oxygen atoms in total. The van der Waals surface area contributed by atoms with Crippen LogP contribution in [0.1, 0.15) is 70.6 Å². The summed E-state index contributed by atoms with van der Waals surface area (Å²) < 4.78 is -1.42. The highest BCUT2D eigenvalue weighted by atomic mass is 33.1. The van der Waals surface area contributed by atoms with Gasteiger partial charge in [-0.05, 0) is 74.0 Å². The first kappa shape index (κ1) is 63.8. The fourth-order valence-electron chi connectivity index (χ4n) is 8.14. The normalized spacial score (nSPS) is 21.2. The predicted molar refractivity (Wildman–Crippen MR) is 296 cm³/mol. The average Bonchev–Trinajstić information content (AvgIpc) is 3.80. The highest BCUT2D eigenvalue weighted by molar-refractivity contribution is 8.77. The van der Waals surface area contributed by atoms with Crippen LogP contribution in [0.4, 0.5) is 0 Å². The van der Waals surface area contributed by atoms with Crippen LogP contribution in [0, 0.1) is 5.92 Å². The lowest BCUT2D eigenvalue weighted by molar-refractivity contribution is -0.143. The number of aromatic amines is 1. The molecule has 0 bridgehead atoms. The van der Waals surface area contributed by atoms with Gasteiger partial charge in [-0.2, -0.15) is 0 Å². The molecule has 1 saturated heterocycles. The Morgan fingerprint density at radius 2 is 1.24 bits per heavy atom. The monoisotopic (exact) mass is 1130 g/mol. The Kier molecular flexibility index (Phi) is 24.6. The van der Waals surface area contributed by atoms with E-state index in [2.05, 4.69) is 42.2 Å². The summed E-state index contributed by atoms with van der Waals surface area (Å²) in [7, 11) is 1.91. The molecule has 0 aliphatic carbocycles. The van der Waals surface area contributed by atoms with Crippen LogP contribution in [0.5, 0.6) is 5.75 Å². The summed E-state index contributed by atoms with van der Waals surface area (Å²) in [5.74, 6) is -10.8. The van der Waals surface area contributed by atoms with Gasteiger partial charge in [-0.1, -0.05) is 96.1 Å². The van der Waals surface area contributed by atoms with E-state index in [4.69, 9.17) is 21.4 Å². The molecule has 7 amide bonds. The van der Waals surface area contributed by atoms with E-state index in [0.717, 1.165) is 39.4 Å². The lowest BCUT2D eigenvalue weighted by atomic mass is 9.98. The number of nitrogens with two attached hydrogens (primary N) is 2. The zero-order chi connectivity index (χ0) is 58.6. The number of para-hydroxylation sites is 1. The van der Waals surface area contributed by atoms with Gasteiger partial charge in [0.1, 0.15) is 48.0 Å². The number of aromatic hydroxyl groups is 1. The zero-order valence-corrected chi connectivity index (χ0v) is 45.9. The molecule has 1 aliphatic heterocycles. The Morgan fingerprint density at radius 1 is 0.722 bits per heavy atom. The number of fused-ring (bicyclic) bond motifs is 1. The maximum Gasteiger partial charge on any atom is 0.326 e. The number of rotatable bonds is 17. The number of phenols is 1. The molecule has 79 heavy (non-hydrogen) atoms. The standard InChI is InChI=1S/C51H66N10O12S2.C2H4O2/c1-27(2)41(50(72)73)60-48(70)39-26-74-75-51(3,4)42(61-43(65)33(53)24-40(63)64)49(71)58-37(21-28-11-6-5-7-12-28)45(67)57-38(23-30-25-54-34-14-9-8-13-32(30)34)47(69)55-35(15-10-20-52)44(66)56-36(46(68)59-39)22-29-16-18-31(62)19-17-29;1-2(3)4/h5-9,11-14,16-19,25,27,33,35-39,41-42,54,62H,10,15,20-24,26,52-53H2,1-4H3,(H,55,69)(H,56,66)(H,57,67)(H,58,71)(H,59,68)(H,60,70)(H,61,65)(H,63,64)(H,72,73);1H3,(H,3,4)/t33-,35-,36?,37?,38+,39?,41-,42-;/m0./s1. The molecule has 0 spiro atoms. The average molecular weight is 1140 g/mol. The number of aliphatic carboxylic acids is 3. The number of hydrogen-bond donors (Lipinski definition) is 14. The van der Waals surface area contributed by atoms with Gasteiger partial charge in [0.15, 0.2) is 0 Å². The lowest BCUT2D eigenvalue weighted by Crippen LogP contribution is -2.63. The molecule has 3 aromatic carbocycles. The number of carbonyl (C=O) groups is 10. The SMILES string of the molecule is CC(=O)O.CC(C)[C@H](NC(=O)C1CSSC(C)(C)[C@@H](NC(=O)[C@@H](N)CC(=O)O)C(=O)NC(Cc2ccccc2)C(=O)N[C@H](Cc2c[nH]c3ccccc23)C(=O)N[C@@H](CCCN)C(=O)NC(Cc2ccc(O)cc2)C(=O)N1)C(=O)O. The van der Waals surface area contributed by atoms with Gasteiger partial charge in [-0.15, -0.1) is 0 Å². The minimum Gasteiger partial charge on any atom is -0.508 e. The highest BCUT2D eigenvalue weighted by Crippen LogP contribution is 2.39. The predicted octanol–water partition coefficient (Wildman–Crippen LogP) is 0.841. The van der Waals surface area contributed by atoms with Crippen molar-refractivity contribution in [1.29, 1.82) is 0 Å². The van der Waals surface area contributed by atoms with Gasteiger partial charge in [0.25, 0.3) is 5.97 Å². The molecule has 8 atom stereocenters. The van der Waals surface area contributed by atoms with E-state index in [-0.39, 0.29) is 50.2 Å². The number of phenolic OH excluding ortho intramolecular Hbond substituents is 1. The maximum absolute atomic E-state index is 14.8. The van der Waals surface area contributed by atoms with Crippen LogP contribution < -0.4 is 48.7 Å². The van der Waals surface area contributed by atoms with Gasteiger partial charge in [0.05, 0.1) is 12.5 Å². The smallest absolute Gasteiger partial charge is 0.326 e. The molecule has 3 unspecified atom stereocenters. The molecule has 1 aliphatic rings. The minimum absolute atomic E-state index is 0.0360. The van der Waals surface area contributed by atoms with Gasteiger partial charge in [0, 0.05) is 53.8 Å². The number of aromatic nitrogens is 1. The maximum atomic E-state index is 14.8. The fraction of sp³-hybridized carbons (Fsp3) is 0.434. The van der Waals surface area contributed by atoms with Crippen LogP contribution in [0.15, 0.2) is 85.1 Å². The first-order valence-electron chi connectivity index (χ1n) is 25.2. The fourth-order valence-corrected chi connectivity index (χ4v) is 11.0. The van der Waals surface area contributed by atoms with Crippen molar-refractivity contribution < 1.29 is 68.4 Å². The first-order chi connectivity index (χ1) is 37.3. The van der Waals surface area contributed by atoms with Crippen molar-refractivity contribution in [3.05, 3.63) is 102 Å². The molecule has 428 valence electrons. The Balaban J connectivity index is 0.00000325. The van der Waals surface area contributed by atoms with E-state index < -0.39 is 125 Å². The third-order valence-electron chi connectivity index (χ3n) is 12.3. The number of nitrogens with one attached hydrogen (secondary N) is 8. The Bertz CT molecular complexity index is 2780. The van der Waals surface area contributed by atoms with Crippen LogP contribution in [-0.4, -0.2) is 150 Å². The van der Waals surface area contributed by atoms with Gasteiger partial charge < -0.3 is 74.1 Å². The Morgan fingerprint density at radius 3 is 1.81 bits per heavy atom. The van der Waals surface area contributed by atoms with Gasteiger partial charge in [-0.3, -0.25) is 43.2 Å². The van der Waals surface area contributed by atoms with Crippen molar-refractivity contribution in [2.24, 2.45) is 17.4 Å². The van der Waals surface area contributed by atoms with Crippen molar-refractivity contribution in [3.8, 4) is 5.75 Å². The van der Waals surface area contributed by atoms with Crippen LogP contribution in [0.2, 0.25) is 0 Å². The number of hydrogen-bond acceptors (Lipinski definition) is 15. The van der Waals surface area contributed by atoms with Gasteiger partial charge in [-0.25, -0.2) is 4.79 Å². The number of H-pyrrole nitrogens is 1.